The summed E-state index contributed by atoms with van der Waals surface area (Å²) < 4.78 is 52.7. The Morgan fingerprint density at radius 3 is 2.42 bits per heavy atom. The number of nitrogens with zero attached hydrogens (tertiary/aromatic N) is 2. The van der Waals surface area contributed by atoms with Crippen LogP contribution in [0.2, 0.25) is 0 Å². The lowest BCUT2D eigenvalue weighted by Gasteiger charge is -2.22. The fourth-order valence-electron chi connectivity index (χ4n) is 1.72. The van der Waals surface area contributed by atoms with Crippen LogP contribution >= 0.6 is 0 Å². The number of halogens is 4. The first kappa shape index (κ1) is 13.3. The zero-order valence-electron chi connectivity index (χ0n) is 10.0. The number of rotatable bonds is 3. The van der Waals surface area contributed by atoms with Crippen molar-refractivity contribution in [1.29, 1.82) is 0 Å². The van der Waals surface area contributed by atoms with Crippen LogP contribution in [0.4, 0.5) is 29.1 Å². The van der Waals surface area contributed by atoms with Crippen LogP contribution in [0.5, 0.6) is 0 Å². The molecule has 0 spiro atoms. The van der Waals surface area contributed by atoms with Gasteiger partial charge in [-0.15, -0.1) is 0 Å². The maximum atomic E-state index is 13.6. The van der Waals surface area contributed by atoms with Gasteiger partial charge in [0.15, 0.2) is 17.5 Å². The average Bonchev–Trinajstić information content (AvgIpc) is 2.36. The summed E-state index contributed by atoms with van der Waals surface area (Å²) in [7, 11) is 0. The molecule has 0 aliphatic rings. The monoisotopic (exact) mass is 270 g/mol. The van der Waals surface area contributed by atoms with Gasteiger partial charge in [0.2, 0.25) is 0 Å². The molecule has 0 bridgehead atoms. The van der Waals surface area contributed by atoms with Gasteiger partial charge in [-0.2, -0.15) is 9.37 Å². The first-order valence-electron chi connectivity index (χ1n) is 5.57. The first-order valence-corrected chi connectivity index (χ1v) is 5.57. The van der Waals surface area contributed by atoms with Crippen LogP contribution in [-0.4, -0.2) is 11.5 Å². The van der Waals surface area contributed by atoms with E-state index in [0.717, 1.165) is 6.07 Å². The number of benzene rings is 1. The minimum Gasteiger partial charge on any atom is -0.324 e. The molecule has 2 rings (SSSR count). The fourth-order valence-corrected chi connectivity index (χ4v) is 1.72. The summed E-state index contributed by atoms with van der Waals surface area (Å²) in [6, 6.07) is 5.76. The van der Waals surface area contributed by atoms with Gasteiger partial charge in [-0.1, -0.05) is 6.07 Å². The minimum atomic E-state index is -1.40. The molecule has 1 aromatic heterocycles. The molecule has 0 fully saturated rings. The van der Waals surface area contributed by atoms with Crippen LogP contribution in [-0.2, 0) is 0 Å². The second kappa shape index (κ2) is 5.26. The van der Waals surface area contributed by atoms with Gasteiger partial charge in [0, 0.05) is 18.3 Å². The van der Waals surface area contributed by atoms with Crippen LogP contribution in [0, 0.1) is 23.4 Å². The zero-order chi connectivity index (χ0) is 14.0. The fraction of sp³-hybridized carbons (Fsp3) is 0.154. The predicted octanol–water partition coefficient (Wildman–Crippen LogP) is 3.80. The van der Waals surface area contributed by atoms with E-state index in [-0.39, 0.29) is 12.4 Å². The second-order valence-corrected chi connectivity index (χ2v) is 3.79. The lowest BCUT2D eigenvalue weighted by molar-refractivity contribution is 0.464. The van der Waals surface area contributed by atoms with Crippen molar-refractivity contribution in [2.75, 3.05) is 11.4 Å². The van der Waals surface area contributed by atoms with E-state index in [2.05, 4.69) is 4.98 Å². The lowest BCUT2D eigenvalue weighted by atomic mass is 10.2. The highest BCUT2D eigenvalue weighted by molar-refractivity contribution is 5.60. The number of anilines is 2. The third-order valence-electron chi connectivity index (χ3n) is 2.56. The minimum absolute atomic E-state index is 0.221. The van der Waals surface area contributed by atoms with Crippen molar-refractivity contribution in [2.45, 2.75) is 6.92 Å². The van der Waals surface area contributed by atoms with Crippen molar-refractivity contribution in [3.63, 3.8) is 0 Å². The predicted molar refractivity (Wildman–Crippen MR) is 63.2 cm³/mol. The van der Waals surface area contributed by atoms with Crippen molar-refractivity contribution in [3.05, 3.63) is 53.7 Å². The first-order chi connectivity index (χ1) is 9.02. The second-order valence-electron chi connectivity index (χ2n) is 3.79. The molecular weight excluding hydrogens is 260 g/mol. The molecule has 0 radical (unpaired) electrons. The van der Waals surface area contributed by atoms with Gasteiger partial charge in [0.1, 0.15) is 5.82 Å². The van der Waals surface area contributed by atoms with E-state index < -0.39 is 23.4 Å². The molecule has 1 heterocycles. The number of pyridine rings is 1. The Bertz CT molecular complexity index is 601. The van der Waals surface area contributed by atoms with E-state index in [4.69, 9.17) is 0 Å². The van der Waals surface area contributed by atoms with Crippen molar-refractivity contribution in [2.24, 2.45) is 0 Å². The van der Waals surface area contributed by atoms with Gasteiger partial charge < -0.3 is 4.90 Å². The lowest BCUT2D eigenvalue weighted by Crippen LogP contribution is -2.20. The molecule has 0 saturated carbocycles. The van der Waals surface area contributed by atoms with Crippen molar-refractivity contribution in [3.8, 4) is 0 Å². The molecule has 0 atom stereocenters. The molecule has 0 unspecified atom stereocenters. The van der Waals surface area contributed by atoms with Gasteiger partial charge in [0.05, 0.1) is 0 Å². The highest BCUT2D eigenvalue weighted by atomic mass is 19.2. The third kappa shape index (κ3) is 2.67. The standard InChI is InChI=1S/C13H10F4N2/c1-2-19(9-5-3-4-8(14)6-9)13-11(16)7-10(15)12(17)18-13/h3-7H,2H2,1H3. The van der Waals surface area contributed by atoms with E-state index in [1.54, 1.807) is 6.92 Å². The van der Waals surface area contributed by atoms with Gasteiger partial charge in [-0.05, 0) is 25.1 Å². The maximum Gasteiger partial charge on any atom is 0.251 e. The van der Waals surface area contributed by atoms with E-state index in [0.29, 0.717) is 11.8 Å². The van der Waals surface area contributed by atoms with Crippen LogP contribution in [0.3, 0.4) is 0 Å². The summed E-state index contributed by atoms with van der Waals surface area (Å²) in [6.07, 6.45) is 0. The average molecular weight is 270 g/mol. The van der Waals surface area contributed by atoms with E-state index in [1.165, 1.54) is 23.1 Å². The van der Waals surface area contributed by atoms with Gasteiger partial charge in [0.25, 0.3) is 5.95 Å². The molecule has 0 amide bonds. The van der Waals surface area contributed by atoms with E-state index in [1.807, 2.05) is 0 Å². The maximum absolute atomic E-state index is 13.6. The van der Waals surface area contributed by atoms with Crippen LogP contribution < -0.4 is 4.90 Å². The summed E-state index contributed by atoms with van der Waals surface area (Å²) in [5.74, 6) is -4.67. The molecule has 0 N–H and O–H groups in total. The third-order valence-corrected chi connectivity index (χ3v) is 2.56. The normalized spacial score (nSPS) is 10.6. The number of aromatic nitrogens is 1. The molecule has 6 heteroatoms. The van der Waals surface area contributed by atoms with Crippen LogP contribution in [0.1, 0.15) is 6.92 Å². The van der Waals surface area contributed by atoms with Crippen LogP contribution in [0.25, 0.3) is 0 Å². The Hall–Kier alpha value is -2.11. The largest absolute Gasteiger partial charge is 0.324 e. The highest BCUT2D eigenvalue weighted by Gasteiger charge is 2.18. The summed E-state index contributed by atoms with van der Waals surface area (Å²) in [4.78, 5) is 4.49. The molecule has 0 aliphatic heterocycles. The van der Waals surface area contributed by atoms with Crippen molar-refractivity contribution >= 4 is 11.5 Å². The molecule has 2 aromatic rings. The Morgan fingerprint density at radius 1 is 1.05 bits per heavy atom. The number of hydrogen-bond acceptors (Lipinski definition) is 2. The molecule has 2 nitrogen and oxygen atoms in total. The Kier molecular flexibility index (Phi) is 3.69. The summed E-state index contributed by atoms with van der Waals surface area (Å²) >= 11 is 0. The SMILES string of the molecule is CCN(c1cccc(F)c1)c1nc(F)c(F)cc1F. The summed E-state index contributed by atoms with van der Waals surface area (Å²) in [6.45, 7) is 1.88. The smallest absolute Gasteiger partial charge is 0.251 e. The van der Waals surface area contributed by atoms with E-state index >= 15 is 0 Å². The van der Waals surface area contributed by atoms with Gasteiger partial charge in [-0.25, -0.2) is 13.2 Å². The Labute approximate surface area is 107 Å². The van der Waals surface area contributed by atoms with Crippen molar-refractivity contribution < 1.29 is 17.6 Å². The highest BCUT2D eigenvalue weighted by Crippen LogP contribution is 2.27. The molecule has 0 aliphatic carbocycles. The van der Waals surface area contributed by atoms with Crippen molar-refractivity contribution in [1.82, 2.24) is 4.98 Å². The zero-order valence-corrected chi connectivity index (χ0v) is 10.0. The quantitative estimate of drug-likeness (QED) is 0.623. The molecular formula is C13H10F4N2. The number of hydrogen-bond donors (Lipinski definition) is 0. The van der Waals surface area contributed by atoms with Gasteiger partial charge in [-0.3, -0.25) is 0 Å². The van der Waals surface area contributed by atoms with Crippen LogP contribution in [0.15, 0.2) is 30.3 Å². The van der Waals surface area contributed by atoms with Gasteiger partial charge >= 0.3 is 0 Å². The Morgan fingerprint density at radius 2 is 1.79 bits per heavy atom. The molecule has 100 valence electrons. The van der Waals surface area contributed by atoms with E-state index in [9.17, 15) is 17.6 Å². The summed E-state index contributed by atoms with van der Waals surface area (Å²) in [5.41, 5.74) is 0.305. The topological polar surface area (TPSA) is 16.1 Å². The Balaban J connectivity index is 2.51. The summed E-state index contributed by atoms with van der Waals surface area (Å²) in [5, 5.41) is 0. The molecule has 19 heavy (non-hydrogen) atoms. The molecule has 1 aromatic carbocycles. The molecule has 0 saturated heterocycles.